The lowest BCUT2D eigenvalue weighted by Gasteiger charge is -2.15. The van der Waals surface area contributed by atoms with E-state index in [1.807, 2.05) is 6.92 Å². The van der Waals surface area contributed by atoms with E-state index in [4.69, 9.17) is 16.3 Å². The van der Waals surface area contributed by atoms with Gasteiger partial charge in [0.15, 0.2) is 5.16 Å². The van der Waals surface area contributed by atoms with Gasteiger partial charge in [0.1, 0.15) is 11.6 Å². The van der Waals surface area contributed by atoms with Gasteiger partial charge in [-0.1, -0.05) is 37.2 Å². The predicted molar refractivity (Wildman–Crippen MR) is 104 cm³/mol. The maximum Gasteiger partial charge on any atom is 0.237 e. The molecule has 1 N–H and O–H groups in total. The molecule has 0 saturated heterocycles. The average molecular weight is 395 g/mol. The monoisotopic (exact) mass is 394 g/mol. The number of carbonyl (C=O) groups excluding carboxylic acids is 1. The van der Waals surface area contributed by atoms with Gasteiger partial charge < -0.3 is 14.6 Å². The van der Waals surface area contributed by atoms with Crippen LogP contribution in [0.3, 0.4) is 0 Å². The number of amides is 1. The molecule has 1 heterocycles. The molecule has 6 nitrogen and oxygen atoms in total. The van der Waals surface area contributed by atoms with Crippen LogP contribution in [0.5, 0.6) is 5.75 Å². The highest BCUT2D eigenvalue weighted by atomic mass is 35.5. The van der Waals surface area contributed by atoms with E-state index in [9.17, 15) is 4.79 Å². The molecule has 1 amide bonds. The first kappa shape index (κ1) is 19.0. The Morgan fingerprint density at radius 3 is 2.69 bits per heavy atom. The van der Waals surface area contributed by atoms with Gasteiger partial charge in [-0.3, -0.25) is 4.79 Å². The molecule has 1 atom stereocenters. The topological polar surface area (TPSA) is 69.0 Å². The van der Waals surface area contributed by atoms with Crippen molar-refractivity contribution >= 4 is 35.0 Å². The molecule has 0 aliphatic heterocycles. The van der Waals surface area contributed by atoms with Crippen LogP contribution in [0.4, 0.5) is 5.69 Å². The van der Waals surface area contributed by atoms with Crippen molar-refractivity contribution in [3.63, 3.8) is 0 Å². The van der Waals surface area contributed by atoms with Gasteiger partial charge in [0.2, 0.25) is 5.91 Å². The van der Waals surface area contributed by atoms with Crippen LogP contribution < -0.4 is 10.1 Å². The van der Waals surface area contributed by atoms with E-state index < -0.39 is 0 Å². The zero-order chi connectivity index (χ0) is 18.8. The van der Waals surface area contributed by atoms with E-state index in [1.54, 1.807) is 25.3 Å². The number of aromatic nitrogens is 3. The second kappa shape index (κ2) is 7.88. The molecule has 1 unspecified atom stereocenters. The van der Waals surface area contributed by atoms with Crippen molar-refractivity contribution in [2.45, 2.75) is 56.0 Å². The molecule has 1 saturated carbocycles. The molecule has 0 spiro atoms. The van der Waals surface area contributed by atoms with E-state index in [2.05, 4.69) is 33.9 Å². The van der Waals surface area contributed by atoms with Crippen LogP contribution in [0, 0.1) is 0 Å². The number of ether oxygens (including phenoxy) is 1. The molecule has 2 aromatic rings. The van der Waals surface area contributed by atoms with Crippen molar-refractivity contribution in [3.8, 4) is 5.75 Å². The Morgan fingerprint density at radius 2 is 2.08 bits per heavy atom. The van der Waals surface area contributed by atoms with E-state index in [-0.39, 0.29) is 11.2 Å². The lowest BCUT2D eigenvalue weighted by molar-refractivity contribution is -0.115. The minimum Gasteiger partial charge on any atom is -0.495 e. The minimum absolute atomic E-state index is 0.132. The molecule has 26 heavy (non-hydrogen) atoms. The first-order valence-corrected chi connectivity index (χ1v) is 9.92. The summed E-state index contributed by atoms with van der Waals surface area (Å²) < 4.78 is 7.47. The lowest BCUT2D eigenvalue weighted by Crippen LogP contribution is -2.23. The summed E-state index contributed by atoms with van der Waals surface area (Å²) in [6.45, 7) is 6.08. The molecular weight excluding hydrogens is 372 g/mol. The van der Waals surface area contributed by atoms with Gasteiger partial charge in [0, 0.05) is 17.0 Å². The molecule has 140 valence electrons. The maximum atomic E-state index is 12.6. The largest absolute Gasteiger partial charge is 0.495 e. The van der Waals surface area contributed by atoms with Gasteiger partial charge in [-0.05, 0) is 38.0 Å². The van der Waals surface area contributed by atoms with Gasteiger partial charge in [-0.25, -0.2) is 0 Å². The van der Waals surface area contributed by atoms with Crippen molar-refractivity contribution in [3.05, 3.63) is 29.0 Å². The van der Waals surface area contributed by atoms with Gasteiger partial charge in [-0.15, -0.1) is 10.2 Å². The fraction of sp³-hybridized carbons (Fsp3) is 0.500. The number of hydrogen-bond acceptors (Lipinski definition) is 5. The Hall–Kier alpha value is -1.73. The second-order valence-corrected chi connectivity index (χ2v) is 8.43. The summed E-state index contributed by atoms with van der Waals surface area (Å²) in [6, 6.07) is 5.60. The third-order valence-corrected chi connectivity index (χ3v) is 5.48. The quantitative estimate of drug-likeness (QED) is 0.699. The first-order chi connectivity index (χ1) is 12.4. The normalized spacial score (nSPS) is 15.2. The Labute approximate surface area is 162 Å². The summed E-state index contributed by atoms with van der Waals surface area (Å²) in [5, 5.41) is 12.6. The lowest BCUT2D eigenvalue weighted by atomic mass is 10.2. The summed E-state index contributed by atoms with van der Waals surface area (Å²) in [4.78, 5) is 12.6. The number of nitrogens with one attached hydrogen (secondary N) is 1. The Kier molecular flexibility index (Phi) is 5.77. The van der Waals surface area contributed by atoms with Crippen molar-refractivity contribution in [1.82, 2.24) is 14.8 Å². The predicted octanol–water partition coefficient (Wildman–Crippen LogP) is 4.52. The molecule has 1 aromatic carbocycles. The van der Waals surface area contributed by atoms with Crippen molar-refractivity contribution < 1.29 is 9.53 Å². The number of carbonyl (C=O) groups is 1. The number of benzene rings is 1. The maximum absolute atomic E-state index is 12.6. The van der Waals surface area contributed by atoms with Crippen molar-refractivity contribution in [2.75, 3.05) is 12.4 Å². The van der Waals surface area contributed by atoms with E-state index in [1.165, 1.54) is 11.8 Å². The summed E-state index contributed by atoms with van der Waals surface area (Å²) >= 11 is 7.45. The van der Waals surface area contributed by atoms with E-state index in [0.29, 0.717) is 28.4 Å². The summed E-state index contributed by atoms with van der Waals surface area (Å²) in [5.41, 5.74) is 0.559. The fourth-order valence-electron chi connectivity index (χ4n) is 2.66. The van der Waals surface area contributed by atoms with Crippen LogP contribution in [0.25, 0.3) is 0 Å². The summed E-state index contributed by atoms with van der Waals surface area (Å²) in [6.07, 6.45) is 2.29. The van der Waals surface area contributed by atoms with Crippen LogP contribution in [-0.2, 0) is 4.79 Å². The van der Waals surface area contributed by atoms with Gasteiger partial charge in [0.25, 0.3) is 0 Å². The van der Waals surface area contributed by atoms with Crippen LogP contribution in [0.2, 0.25) is 5.02 Å². The highest BCUT2D eigenvalue weighted by Crippen LogP contribution is 2.41. The number of thioether (sulfide) groups is 1. The summed E-state index contributed by atoms with van der Waals surface area (Å²) in [7, 11) is 1.56. The number of anilines is 1. The Morgan fingerprint density at radius 1 is 1.35 bits per heavy atom. The number of halogens is 1. The molecule has 1 aromatic heterocycles. The zero-order valence-electron chi connectivity index (χ0n) is 15.3. The Bertz CT molecular complexity index is 804. The number of methoxy groups -OCH3 is 1. The third-order valence-electron chi connectivity index (χ3n) is 4.19. The van der Waals surface area contributed by atoms with Crippen LogP contribution in [-0.4, -0.2) is 33.0 Å². The van der Waals surface area contributed by atoms with Crippen LogP contribution >= 0.6 is 23.4 Å². The van der Waals surface area contributed by atoms with E-state index in [0.717, 1.165) is 23.8 Å². The molecule has 0 radical (unpaired) electrons. The molecule has 1 aliphatic rings. The summed E-state index contributed by atoms with van der Waals surface area (Å²) in [5.74, 6) is 1.73. The Balaban J connectivity index is 1.73. The van der Waals surface area contributed by atoms with Crippen molar-refractivity contribution in [2.24, 2.45) is 0 Å². The van der Waals surface area contributed by atoms with Crippen LogP contribution in [0.15, 0.2) is 23.4 Å². The van der Waals surface area contributed by atoms with Gasteiger partial charge in [0.05, 0.1) is 18.0 Å². The third kappa shape index (κ3) is 4.15. The molecule has 3 rings (SSSR count). The fourth-order valence-corrected chi connectivity index (χ4v) is 3.76. The highest BCUT2D eigenvalue weighted by Gasteiger charge is 2.31. The molecule has 1 fully saturated rings. The number of hydrogen-bond donors (Lipinski definition) is 1. The van der Waals surface area contributed by atoms with Crippen molar-refractivity contribution in [1.29, 1.82) is 0 Å². The zero-order valence-corrected chi connectivity index (χ0v) is 16.9. The molecule has 0 bridgehead atoms. The number of nitrogens with zero attached hydrogens (tertiary/aromatic N) is 3. The van der Waals surface area contributed by atoms with E-state index >= 15 is 0 Å². The molecular formula is C18H23ClN4O2S. The standard InChI is InChI=1S/C18H23ClN4O2S/c1-10(2)16-21-22-18(23(16)13-6-7-13)26-11(3)17(24)20-14-9-12(19)5-8-15(14)25-4/h5,8-11,13H,6-7H2,1-4H3,(H,20,24). The molecule has 1 aliphatic carbocycles. The van der Waals surface area contributed by atoms with Gasteiger partial charge in [-0.2, -0.15) is 0 Å². The highest BCUT2D eigenvalue weighted by molar-refractivity contribution is 8.00. The van der Waals surface area contributed by atoms with Crippen LogP contribution in [0.1, 0.15) is 51.4 Å². The smallest absolute Gasteiger partial charge is 0.237 e. The van der Waals surface area contributed by atoms with Gasteiger partial charge >= 0.3 is 0 Å². The SMILES string of the molecule is COc1ccc(Cl)cc1NC(=O)C(C)Sc1nnc(C(C)C)n1C1CC1. The average Bonchev–Trinajstić information content (AvgIpc) is 3.35. The minimum atomic E-state index is -0.333. The second-order valence-electron chi connectivity index (χ2n) is 6.69. The number of rotatable bonds is 7. The first-order valence-electron chi connectivity index (χ1n) is 8.66. The molecule has 8 heteroatoms.